The van der Waals surface area contributed by atoms with Crippen LogP contribution in [-0.4, -0.2) is 5.11 Å². The maximum atomic E-state index is 10.7. The van der Waals surface area contributed by atoms with Gasteiger partial charge in [-0.25, -0.2) is 0 Å². The Labute approximate surface area is 131 Å². The molecule has 0 radical (unpaired) electrons. The van der Waals surface area contributed by atoms with Gasteiger partial charge in [-0.3, -0.25) is 0 Å². The molecule has 0 amide bonds. The van der Waals surface area contributed by atoms with Crippen LogP contribution in [0, 0.1) is 0 Å². The molecular formula is C14H10Cl4O. The molecule has 0 aliphatic heterocycles. The lowest BCUT2D eigenvalue weighted by Crippen LogP contribution is -2.23. The summed E-state index contributed by atoms with van der Waals surface area (Å²) in [5.74, 6) is 0. The molecule has 1 N–H and O–H groups in total. The van der Waals surface area contributed by atoms with Crippen LogP contribution in [0.1, 0.15) is 18.1 Å². The van der Waals surface area contributed by atoms with Crippen LogP contribution in [0.5, 0.6) is 0 Å². The average Bonchev–Trinajstić information content (AvgIpc) is 2.41. The lowest BCUT2D eigenvalue weighted by atomic mass is 9.88. The van der Waals surface area contributed by atoms with E-state index in [9.17, 15) is 5.11 Å². The van der Waals surface area contributed by atoms with Crippen LogP contribution < -0.4 is 0 Å². The van der Waals surface area contributed by atoms with Crippen molar-refractivity contribution < 1.29 is 5.11 Å². The first-order valence-corrected chi connectivity index (χ1v) is 6.98. The second kappa shape index (κ2) is 5.51. The summed E-state index contributed by atoms with van der Waals surface area (Å²) in [5, 5.41) is 11.5. The molecule has 19 heavy (non-hydrogen) atoms. The predicted molar refractivity (Wildman–Crippen MR) is 81.6 cm³/mol. The Kier molecular flexibility index (Phi) is 4.34. The minimum atomic E-state index is -1.31. The topological polar surface area (TPSA) is 20.2 Å². The van der Waals surface area contributed by atoms with Gasteiger partial charge in [0.25, 0.3) is 0 Å². The van der Waals surface area contributed by atoms with Crippen LogP contribution in [0.4, 0.5) is 0 Å². The van der Waals surface area contributed by atoms with E-state index in [2.05, 4.69) is 0 Å². The first-order chi connectivity index (χ1) is 8.85. The van der Waals surface area contributed by atoms with Gasteiger partial charge in [0.2, 0.25) is 0 Å². The SMILES string of the molecule is CC(O)(c1ccccc1)c1cc(Cl)c(Cl)c(Cl)c1Cl. The molecule has 1 unspecified atom stereocenters. The van der Waals surface area contributed by atoms with Crippen LogP contribution in [0.2, 0.25) is 20.1 Å². The highest BCUT2D eigenvalue weighted by Crippen LogP contribution is 2.43. The van der Waals surface area contributed by atoms with Gasteiger partial charge in [0.15, 0.2) is 0 Å². The highest BCUT2D eigenvalue weighted by molar-refractivity contribution is 6.52. The van der Waals surface area contributed by atoms with Crippen molar-refractivity contribution in [2.75, 3.05) is 0 Å². The Hall–Kier alpha value is -0.440. The second-order valence-corrected chi connectivity index (χ2v) is 5.83. The Morgan fingerprint density at radius 3 is 2.05 bits per heavy atom. The van der Waals surface area contributed by atoms with Gasteiger partial charge in [-0.2, -0.15) is 0 Å². The normalized spacial score (nSPS) is 14.2. The number of rotatable bonds is 2. The molecule has 0 spiro atoms. The van der Waals surface area contributed by atoms with Gasteiger partial charge >= 0.3 is 0 Å². The summed E-state index contributed by atoms with van der Waals surface area (Å²) in [4.78, 5) is 0. The van der Waals surface area contributed by atoms with Crippen LogP contribution in [0.25, 0.3) is 0 Å². The Morgan fingerprint density at radius 2 is 1.47 bits per heavy atom. The van der Waals surface area contributed by atoms with E-state index in [1.807, 2.05) is 18.2 Å². The molecule has 100 valence electrons. The minimum Gasteiger partial charge on any atom is -0.381 e. The minimum absolute atomic E-state index is 0.141. The monoisotopic (exact) mass is 334 g/mol. The van der Waals surface area contributed by atoms with E-state index in [4.69, 9.17) is 46.4 Å². The van der Waals surface area contributed by atoms with Gasteiger partial charge < -0.3 is 5.11 Å². The van der Waals surface area contributed by atoms with Crippen LogP contribution >= 0.6 is 46.4 Å². The number of hydrogen-bond acceptors (Lipinski definition) is 1. The van der Waals surface area contributed by atoms with E-state index in [1.54, 1.807) is 19.1 Å². The van der Waals surface area contributed by atoms with E-state index in [0.717, 1.165) is 0 Å². The van der Waals surface area contributed by atoms with Crippen molar-refractivity contribution in [2.24, 2.45) is 0 Å². The summed E-state index contributed by atoms with van der Waals surface area (Å²) in [6.45, 7) is 1.63. The molecule has 0 bridgehead atoms. The molecule has 1 nitrogen and oxygen atoms in total. The van der Waals surface area contributed by atoms with Crippen LogP contribution in [0.3, 0.4) is 0 Å². The smallest absolute Gasteiger partial charge is 0.113 e. The summed E-state index contributed by atoms with van der Waals surface area (Å²) in [6.07, 6.45) is 0. The van der Waals surface area contributed by atoms with Crippen molar-refractivity contribution in [3.05, 3.63) is 67.6 Å². The van der Waals surface area contributed by atoms with Crippen molar-refractivity contribution in [1.29, 1.82) is 0 Å². The summed E-state index contributed by atoms with van der Waals surface area (Å²) >= 11 is 24.1. The fraction of sp³-hybridized carbons (Fsp3) is 0.143. The Morgan fingerprint density at radius 1 is 0.895 bits per heavy atom. The van der Waals surface area contributed by atoms with Crippen molar-refractivity contribution in [3.63, 3.8) is 0 Å². The summed E-state index contributed by atoms with van der Waals surface area (Å²) in [7, 11) is 0. The maximum Gasteiger partial charge on any atom is 0.113 e. The standard InChI is InChI=1S/C14H10Cl4O/c1-14(19,8-5-3-2-4-6-8)9-7-10(15)12(17)13(18)11(9)16/h2-7,19H,1H3. The number of aliphatic hydroxyl groups is 1. The zero-order valence-corrected chi connectivity index (χ0v) is 12.9. The van der Waals surface area contributed by atoms with Crippen LogP contribution in [0.15, 0.2) is 36.4 Å². The summed E-state index contributed by atoms with van der Waals surface area (Å²) < 4.78 is 0. The van der Waals surface area contributed by atoms with E-state index >= 15 is 0 Å². The third kappa shape index (κ3) is 2.72. The van der Waals surface area contributed by atoms with Gasteiger partial charge in [0.05, 0.1) is 20.1 Å². The van der Waals surface area contributed by atoms with E-state index in [-0.39, 0.29) is 20.1 Å². The van der Waals surface area contributed by atoms with E-state index in [0.29, 0.717) is 11.1 Å². The predicted octanol–water partition coefficient (Wildman–Crippen LogP) is 5.56. The quantitative estimate of drug-likeness (QED) is 0.563. The molecule has 0 aromatic heterocycles. The number of hydrogen-bond donors (Lipinski definition) is 1. The fourth-order valence-corrected chi connectivity index (χ4v) is 2.83. The number of benzene rings is 2. The second-order valence-electron chi connectivity index (χ2n) is 4.29. The Balaban J connectivity index is 2.65. The summed E-state index contributed by atoms with van der Waals surface area (Å²) in [5.41, 5.74) is -0.206. The van der Waals surface area contributed by atoms with Gasteiger partial charge in [-0.1, -0.05) is 76.7 Å². The third-order valence-corrected chi connectivity index (χ3v) is 4.71. The van der Waals surface area contributed by atoms with Crippen molar-refractivity contribution in [2.45, 2.75) is 12.5 Å². The molecule has 2 rings (SSSR count). The molecule has 1 atom stereocenters. The molecule has 2 aromatic rings. The fourth-order valence-electron chi connectivity index (χ4n) is 1.85. The highest BCUT2D eigenvalue weighted by atomic mass is 35.5. The summed E-state index contributed by atoms with van der Waals surface area (Å²) in [6, 6.07) is 10.7. The molecule has 5 heteroatoms. The van der Waals surface area contributed by atoms with Gasteiger partial charge in [-0.15, -0.1) is 0 Å². The zero-order chi connectivity index (χ0) is 14.2. The van der Waals surface area contributed by atoms with Crippen molar-refractivity contribution in [1.82, 2.24) is 0 Å². The highest BCUT2D eigenvalue weighted by Gasteiger charge is 2.30. The third-order valence-electron chi connectivity index (χ3n) is 2.96. The molecule has 0 saturated heterocycles. The molecule has 0 fully saturated rings. The van der Waals surface area contributed by atoms with Gasteiger partial charge in [0.1, 0.15) is 5.60 Å². The molecule has 0 aliphatic carbocycles. The molecular weight excluding hydrogens is 326 g/mol. The first kappa shape index (κ1) is 15.0. The molecule has 0 aliphatic rings. The van der Waals surface area contributed by atoms with Gasteiger partial charge in [0, 0.05) is 5.56 Å². The molecule has 2 aromatic carbocycles. The Bertz CT molecular complexity index is 609. The molecule has 0 saturated carbocycles. The number of halogens is 4. The lowest BCUT2D eigenvalue weighted by molar-refractivity contribution is 0.102. The lowest BCUT2D eigenvalue weighted by Gasteiger charge is -2.26. The maximum absolute atomic E-state index is 10.7. The average molecular weight is 336 g/mol. The zero-order valence-electron chi connectivity index (χ0n) is 9.92. The largest absolute Gasteiger partial charge is 0.381 e. The van der Waals surface area contributed by atoms with Crippen molar-refractivity contribution >= 4 is 46.4 Å². The first-order valence-electron chi connectivity index (χ1n) is 5.47. The van der Waals surface area contributed by atoms with Gasteiger partial charge in [-0.05, 0) is 18.6 Å². The van der Waals surface area contributed by atoms with E-state index in [1.165, 1.54) is 6.07 Å². The van der Waals surface area contributed by atoms with Crippen molar-refractivity contribution in [3.8, 4) is 0 Å². The van der Waals surface area contributed by atoms with E-state index < -0.39 is 5.60 Å². The van der Waals surface area contributed by atoms with Crippen LogP contribution in [-0.2, 0) is 5.60 Å². The molecule has 0 heterocycles.